The van der Waals surface area contributed by atoms with Gasteiger partial charge in [-0.15, -0.1) is 0 Å². The molecule has 0 atom stereocenters. The molecule has 13 rings (SSSR count). The van der Waals surface area contributed by atoms with Crippen LogP contribution >= 0.6 is 0 Å². The Balaban J connectivity index is 1.10. The van der Waals surface area contributed by atoms with E-state index in [-0.39, 0.29) is 5.41 Å². The molecule has 0 radical (unpaired) electrons. The lowest BCUT2D eigenvalue weighted by atomic mass is 9.82. The summed E-state index contributed by atoms with van der Waals surface area (Å²) in [5, 5.41) is 5.93. The normalized spacial score (nSPS) is 13.9. The first-order chi connectivity index (χ1) is 32.0. The van der Waals surface area contributed by atoms with E-state index in [0.29, 0.717) is 0 Å². The van der Waals surface area contributed by atoms with Gasteiger partial charge < -0.3 is 4.90 Å². The third-order valence-corrected chi connectivity index (χ3v) is 19.6. The fraction of sp³-hybridized carbons (Fsp3) is 0.0476. The topological polar surface area (TPSA) is 3.24 Å². The Morgan fingerprint density at radius 2 is 0.800 bits per heavy atom. The van der Waals surface area contributed by atoms with Crippen LogP contribution < -0.4 is 25.6 Å². The zero-order valence-corrected chi connectivity index (χ0v) is 37.5. The Morgan fingerprint density at radius 3 is 1.48 bits per heavy atom. The molecule has 1 nitrogen and oxygen atoms in total. The van der Waals surface area contributed by atoms with Crippen molar-refractivity contribution in [1.29, 1.82) is 0 Å². The minimum atomic E-state index is -2.70. The molecule has 2 heterocycles. The molecule has 2 aliphatic heterocycles. The van der Waals surface area contributed by atoms with Crippen LogP contribution in [0.4, 0.5) is 17.1 Å². The quantitative estimate of drug-likeness (QED) is 0.151. The molecule has 0 amide bonds. The minimum absolute atomic E-state index is 0.157. The summed E-state index contributed by atoms with van der Waals surface area (Å²) in [5.41, 5.74) is 21.3. The molecule has 0 aromatic heterocycles. The summed E-state index contributed by atoms with van der Waals surface area (Å²) in [6.45, 7) is 4.76. The maximum atomic E-state index is 2.60. The summed E-state index contributed by atoms with van der Waals surface area (Å²) >= 11 is 0. The standard InChI is InChI=1S/C63H45NSi/c1-63(2)55-30-13-9-25-49(55)50-38-36-47(41-56(50)63)64(46-24-17-23-44(39-46)42-19-5-3-6-20-42)57-31-18-29-48(43-21-7-4-8-22-43)62(57)45-35-37-54-53-28-12-16-34-60(53)65(61(54)40-45)58-32-14-10-26-51(58)52-27-11-15-33-59(52)65/h3-41H,1-2H3. The second kappa shape index (κ2) is 14.4. The van der Waals surface area contributed by atoms with Gasteiger partial charge in [0, 0.05) is 22.4 Å². The van der Waals surface area contributed by atoms with Crippen molar-refractivity contribution in [2.24, 2.45) is 0 Å². The zero-order chi connectivity index (χ0) is 43.3. The average molecular weight is 844 g/mol. The van der Waals surface area contributed by atoms with Gasteiger partial charge in [-0.25, -0.2) is 0 Å². The lowest BCUT2D eigenvalue weighted by Gasteiger charge is -2.32. The number of anilines is 3. The van der Waals surface area contributed by atoms with Gasteiger partial charge in [0.25, 0.3) is 0 Å². The van der Waals surface area contributed by atoms with Gasteiger partial charge in [0.2, 0.25) is 0 Å². The maximum Gasteiger partial charge on any atom is 0.182 e. The number of hydrogen-bond acceptors (Lipinski definition) is 1. The number of hydrogen-bond donors (Lipinski definition) is 0. The van der Waals surface area contributed by atoms with E-state index in [1.165, 1.54) is 98.6 Å². The van der Waals surface area contributed by atoms with E-state index in [1.807, 2.05) is 0 Å². The smallest absolute Gasteiger partial charge is 0.182 e. The molecular weight excluding hydrogens is 799 g/mol. The highest BCUT2D eigenvalue weighted by Crippen LogP contribution is 2.52. The van der Waals surface area contributed by atoms with Crippen LogP contribution in [0.25, 0.3) is 66.8 Å². The molecule has 0 N–H and O–H groups in total. The van der Waals surface area contributed by atoms with Gasteiger partial charge in [-0.2, -0.15) is 0 Å². The van der Waals surface area contributed by atoms with Crippen LogP contribution in [0.15, 0.2) is 237 Å². The summed E-state index contributed by atoms with van der Waals surface area (Å²) in [5.74, 6) is 0. The van der Waals surface area contributed by atoms with Crippen LogP contribution in [-0.4, -0.2) is 8.07 Å². The molecule has 3 aliphatic rings. The van der Waals surface area contributed by atoms with Crippen molar-refractivity contribution in [2.45, 2.75) is 19.3 Å². The lowest BCUT2D eigenvalue weighted by Crippen LogP contribution is -2.70. The van der Waals surface area contributed by atoms with Gasteiger partial charge in [0.15, 0.2) is 8.07 Å². The van der Waals surface area contributed by atoms with E-state index < -0.39 is 8.07 Å². The molecule has 0 saturated carbocycles. The Bertz CT molecular complexity index is 3470. The zero-order valence-electron chi connectivity index (χ0n) is 36.5. The Morgan fingerprint density at radius 1 is 0.308 bits per heavy atom. The molecule has 0 unspecified atom stereocenters. The highest BCUT2D eigenvalue weighted by atomic mass is 28.3. The summed E-state index contributed by atoms with van der Waals surface area (Å²) < 4.78 is 0. The highest BCUT2D eigenvalue weighted by Gasteiger charge is 2.54. The summed E-state index contributed by atoms with van der Waals surface area (Å²) in [7, 11) is -2.70. The molecule has 1 spiro atoms. The van der Waals surface area contributed by atoms with Gasteiger partial charge >= 0.3 is 0 Å². The van der Waals surface area contributed by atoms with E-state index >= 15 is 0 Å². The predicted molar refractivity (Wildman–Crippen MR) is 277 cm³/mol. The summed E-state index contributed by atoms with van der Waals surface area (Å²) in [6, 6.07) is 89.1. The van der Waals surface area contributed by atoms with Crippen molar-refractivity contribution in [2.75, 3.05) is 4.90 Å². The molecule has 2 heteroatoms. The maximum absolute atomic E-state index is 2.70. The van der Waals surface area contributed by atoms with E-state index in [9.17, 15) is 0 Å². The molecule has 0 bridgehead atoms. The first-order valence-electron chi connectivity index (χ1n) is 22.8. The number of benzene rings is 10. The molecule has 10 aromatic rings. The number of rotatable bonds is 6. The van der Waals surface area contributed by atoms with Gasteiger partial charge in [-0.3, -0.25) is 0 Å². The third-order valence-electron chi connectivity index (χ3n) is 14.7. The van der Waals surface area contributed by atoms with Crippen LogP contribution in [-0.2, 0) is 5.41 Å². The minimum Gasteiger partial charge on any atom is -0.310 e. The highest BCUT2D eigenvalue weighted by molar-refractivity contribution is 7.24. The SMILES string of the molecule is CC1(C)c2ccccc2-c2ccc(N(c3cccc(-c4ccccc4)c3)c3cccc(-c4ccccc4)c3-c3ccc4c(c3)[Si]3(c5ccccc5-c5ccccc53)c3ccccc3-4)cc21. The van der Waals surface area contributed by atoms with Gasteiger partial charge in [-0.1, -0.05) is 220 Å². The van der Waals surface area contributed by atoms with Crippen molar-refractivity contribution < 1.29 is 0 Å². The summed E-state index contributed by atoms with van der Waals surface area (Å²) in [4.78, 5) is 2.53. The van der Waals surface area contributed by atoms with Gasteiger partial charge in [0.05, 0.1) is 5.69 Å². The summed E-state index contributed by atoms with van der Waals surface area (Å²) in [6.07, 6.45) is 0. The lowest BCUT2D eigenvalue weighted by molar-refractivity contribution is 0.660. The Hall–Kier alpha value is -7.78. The van der Waals surface area contributed by atoms with Crippen molar-refractivity contribution >= 4 is 45.9 Å². The third kappa shape index (κ3) is 5.44. The fourth-order valence-corrected chi connectivity index (χ4v) is 17.5. The first kappa shape index (κ1) is 37.7. The first-order valence-corrected chi connectivity index (χ1v) is 24.8. The van der Waals surface area contributed by atoms with E-state index in [0.717, 1.165) is 17.1 Å². The van der Waals surface area contributed by atoms with E-state index in [1.54, 1.807) is 0 Å². The van der Waals surface area contributed by atoms with Crippen LogP contribution in [0.3, 0.4) is 0 Å². The van der Waals surface area contributed by atoms with Crippen molar-refractivity contribution in [3.63, 3.8) is 0 Å². The average Bonchev–Trinajstić information content (AvgIpc) is 3.93. The van der Waals surface area contributed by atoms with Crippen LogP contribution in [0.5, 0.6) is 0 Å². The monoisotopic (exact) mass is 843 g/mol. The van der Waals surface area contributed by atoms with Crippen LogP contribution in [0, 0.1) is 0 Å². The fourth-order valence-electron chi connectivity index (χ4n) is 11.9. The molecule has 0 saturated heterocycles. The largest absolute Gasteiger partial charge is 0.310 e. The van der Waals surface area contributed by atoms with Gasteiger partial charge in [-0.05, 0) is 123 Å². The molecule has 10 aromatic carbocycles. The predicted octanol–water partition coefficient (Wildman–Crippen LogP) is 13.8. The molecule has 0 fully saturated rings. The molecule has 1 aliphatic carbocycles. The van der Waals surface area contributed by atoms with Crippen molar-refractivity contribution in [1.82, 2.24) is 0 Å². The Labute approximate surface area is 382 Å². The van der Waals surface area contributed by atoms with Crippen LogP contribution in [0.2, 0.25) is 0 Å². The van der Waals surface area contributed by atoms with E-state index in [4.69, 9.17) is 0 Å². The van der Waals surface area contributed by atoms with Gasteiger partial charge in [0.1, 0.15) is 0 Å². The van der Waals surface area contributed by atoms with Crippen LogP contribution in [0.1, 0.15) is 25.0 Å². The van der Waals surface area contributed by atoms with E-state index in [2.05, 4.69) is 255 Å². The van der Waals surface area contributed by atoms with Crippen molar-refractivity contribution in [3.05, 3.63) is 248 Å². The second-order valence-electron chi connectivity index (χ2n) is 18.4. The molecule has 306 valence electrons. The van der Waals surface area contributed by atoms with Crippen molar-refractivity contribution in [3.8, 4) is 66.8 Å². The second-order valence-corrected chi connectivity index (χ2v) is 22.0. The molecule has 65 heavy (non-hydrogen) atoms. The Kier molecular flexibility index (Phi) is 8.34. The number of nitrogens with zero attached hydrogens (tertiary/aromatic N) is 1. The molecular formula is C63H45NSi. The number of fused-ring (bicyclic) bond motifs is 13.